The molecule has 3 aromatic rings. The summed E-state index contributed by atoms with van der Waals surface area (Å²) in [4.78, 5) is 19.1. The van der Waals surface area contributed by atoms with Crippen molar-refractivity contribution in [3.63, 3.8) is 0 Å². The average Bonchev–Trinajstić information content (AvgIpc) is 3.31. The van der Waals surface area contributed by atoms with Gasteiger partial charge in [-0.05, 0) is 30.5 Å². The van der Waals surface area contributed by atoms with E-state index in [9.17, 15) is 4.79 Å². The van der Waals surface area contributed by atoms with Crippen LogP contribution in [0.25, 0.3) is 5.65 Å². The van der Waals surface area contributed by atoms with Gasteiger partial charge in [0.25, 0.3) is 0 Å². The first-order valence-corrected chi connectivity index (χ1v) is 8.60. The zero-order chi connectivity index (χ0) is 17.3. The van der Waals surface area contributed by atoms with E-state index in [-0.39, 0.29) is 5.91 Å². The van der Waals surface area contributed by atoms with Crippen LogP contribution in [-0.4, -0.2) is 38.5 Å². The minimum absolute atomic E-state index is 0.0818. The normalized spacial score (nSPS) is 17.5. The van der Waals surface area contributed by atoms with E-state index in [1.807, 2.05) is 41.0 Å². The second kappa shape index (κ2) is 6.29. The van der Waals surface area contributed by atoms with E-state index in [0.29, 0.717) is 0 Å². The molecule has 6 nitrogen and oxygen atoms in total. The molecule has 6 heteroatoms. The highest BCUT2D eigenvalue weighted by molar-refractivity contribution is 5.75. The Bertz CT molecular complexity index is 885. The first-order valence-electron chi connectivity index (χ1n) is 8.60. The van der Waals surface area contributed by atoms with E-state index in [4.69, 9.17) is 0 Å². The van der Waals surface area contributed by atoms with E-state index in [1.165, 1.54) is 0 Å². The Labute approximate surface area is 146 Å². The van der Waals surface area contributed by atoms with Crippen LogP contribution in [0.3, 0.4) is 0 Å². The molecule has 0 bridgehead atoms. The molecule has 2 aromatic heterocycles. The number of amides is 1. The zero-order valence-electron chi connectivity index (χ0n) is 14.2. The van der Waals surface area contributed by atoms with Gasteiger partial charge in [-0.25, -0.2) is 9.50 Å². The topological polar surface area (TPSA) is 62.5 Å². The van der Waals surface area contributed by atoms with Crippen molar-refractivity contribution in [2.75, 3.05) is 13.1 Å². The highest BCUT2D eigenvalue weighted by atomic mass is 16.1. The van der Waals surface area contributed by atoms with Crippen LogP contribution in [0, 0.1) is 0 Å². The molecule has 0 radical (unpaired) electrons. The Hall–Kier alpha value is -2.73. The number of likely N-dealkylation sites (tertiary alicyclic amines) is 1. The van der Waals surface area contributed by atoms with Gasteiger partial charge in [-0.1, -0.05) is 30.3 Å². The molecule has 0 spiro atoms. The van der Waals surface area contributed by atoms with Crippen LogP contribution >= 0.6 is 0 Å². The number of nitrogens with one attached hydrogen (secondary N) is 1. The third-order valence-electron chi connectivity index (χ3n) is 4.78. The Morgan fingerprint density at radius 2 is 1.88 bits per heavy atom. The van der Waals surface area contributed by atoms with Crippen molar-refractivity contribution in [3.8, 4) is 0 Å². The molecule has 1 aliphatic heterocycles. The number of imidazole rings is 1. The number of hydrogen-bond acceptors (Lipinski definition) is 4. The van der Waals surface area contributed by atoms with Crippen molar-refractivity contribution in [1.29, 1.82) is 0 Å². The summed E-state index contributed by atoms with van der Waals surface area (Å²) in [6, 6.07) is 13.9. The van der Waals surface area contributed by atoms with Crippen LogP contribution in [0.15, 0.2) is 54.9 Å². The van der Waals surface area contributed by atoms with Gasteiger partial charge >= 0.3 is 0 Å². The highest BCUT2D eigenvalue weighted by Crippen LogP contribution is 2.36. The van der Waals surface area contributed by atoms with Crippen LogP contribution in [0.5, 0.6) is 0 Å². The lowest BCUT2D eigenvalue weighted by molar-refractivity contribution is -0.122. The molecule has 1 fully saturated rings. The summed E-state index contributed by atoms with van der Waals surface area (Å²) in [6.45, 7) is 3.38. The van der Waals surface area contributed by atoms with Gasteiger partial charge in [0.2, 0.25) is 5.91 Å². The molecule has 4 rings (SSSR count). The highest BCUT2D eigenvalue weighted by Gasteiger charge is 2.45. The van der Waals surface area contributed by atoms with Crippen molar-refractivity contribution in [2.24, 2.45) is 0 Å². The van der Waals surface area contributed by atoms with Gasteiger partial charge in [-0.3, -0.25) is 9.69 Å². The van der Waals surface area contributed by atoms with Gasteiger partial charge in [-0.15, -0.1) is 0 Å². The first kappa shape index (κ1) is 15.8. The molecule has 1 aromatic carbocycles. The van der Waals surface area contributed by atoms with Gasteiger partial charge in [0.05, 0.1) is 6.20 Å². The van der Waals surface area contributed by atoms with E-state index in [2.05, 4.69) is 32.4 Å². The Morgan fingerprint density at radius 3 is 2.60 bits per heavy atom. The van der Waals surface area contributed by atoms with Crippen molar-refractivity contribution in [3.05, 3.63) is 66.1 Å². The molecule has 1 atom stereocenters. The number of carbonyl (C=O) groups excluding carboxylic acids is 1. The summed E-state index contributed by atoms with van der Waals surface area (Å²) in [6.07, 6.45) is 5.78. The number of aromatic nitrogens is 3. The van der Waals surface area contributed by atoms with Crippen LogP contribution in [0.1, 0.15) is 31.0 Å². The predicted molar refractivity (Wildman–Crippen MR) is 94.8 cm³/mol. The number of nitrogens with zero attached hydrogens (tertiary/aromatic N) is 4. The molecule has 1 aliphatic rings. The van der Waals surface area contributed by atoms with Crippen LogP contribution in [-0.2, 0) is 10.5 Å². The second-order valence-electron chi connectivity index (χ2n) is 6.39. The lowest BCUT2D eigenvalue weighted by atomic mass is 9.93. The Kier molecular flexibility index (Phi) is 3.97. The van der Waals surface area contributed by atoms with Crippen LogP contribution in [0.2, 0.25) is 0 Å². The minimum Gasteiger partial charge on any atom is -0.329 e. The summed E-state index contributed by atoms with van der Waals surface area (Å²) < 4.78 is 1.82. The van der Waals surface area contributed by atoms with Gasteiger partial charge in [0.15, 0.2) is 11.3 Å². The van der Waals surface area contributed by atoms with E-state index < -0.39 is 5.66 Å². The van der Waals surface area contributed by atoms with E-state index >= 15 is 0 Å². The monoisotopic (exact) mass is 335 g/mol. The molecule has 128 valence electrons. The molecule has 1 saturated heterocycles. The fraction of sp³-hybridized carbons (Fsp3) is 0.316. The summed E-state index contributed by atoms with van der Waals surface area (Å²) in [5.74, 6) is -0.0818. The van der Waals surface area contributed by atoms with Gasteiger partial charge in [0, 0.05) is 26.2 Å². The molecular formula is C19H21N5O. The smallest absolute Gasteiger partial charge is 0.218 e. The summed E-state index contributed by atoms with van der Waals surface area (Å²) >= 11 is 0. The standard InChI is InChI=1S/C19H21N5O/c1-15(25)22-19(23-12-5-6-13-23,16-8-3-2-4-9-16)17-14-20-18-10-7-11-21-24(17)18/h2-4,7-11,14H,5-6,12-13H2,1H3,(H,22,25). The van der Waals surface area contributed by atoms with E-state index in [1.54, 1.807) is 13.1 Å². The van der Waals surface area contributed by atoms with Crippen molar-refractivity contribution < 1.29 is 4.79 Å². The van der Waals surface area contributed by atoms with Crippen LogP contribution in [0.4, 0.5) is 0 Å². The SMILES string of the molecule is CC(=O)NC(c1ccccc1)(c1cnc2cccnn12)N1CCCC1. The third kappa shape index (κ3) is 2.59. The maximum absolute atomic E-state index is 12.2. The Morgan fingerprint density at radius 1 is 1.12 bits per heavy atom. The first-order chi connectivity index (χ1) is 12.2. The number of fused-ring (bicyclic) bond motifs is 1. The fourth-order valence-corrected chi connectivity index (χ4v) is 3.77. The largest absolute Gasteiger partial charge is 0.329 e. The Balaban J connectivity index is 2.01. The fourth-order valence-electron chi connectivity index (χ4n) is 3.77. The molecule has 1 unspecified atom stereocenters. The van der Waals surface area contributed by atoms with Gasteiger partial charge < -0.3 is 5.32 Å². The zero-order valence-corrected chi connectivity index (χ0v) is 14.2. The van der Waals surface area contributed by atoms with Crippen molar-refractivity contribution in [2.45, 2.75) is 25.4 Å². The van der Waals surface area contributed by atoms with E-state index in [0.717, 1.165) is 42.8 Å². The maximum Gasteiger partial charge on any atom is 0.218 e. The molecule has 0 saturated carbocycles. The quantitative estimate of drug-likeness (QED) is 0.794. The molecule has 0 aliphatic carbocycles. The second-order valence-corrected chi connectivity index (χ2v) is 6.39. The minimum atomic E-state index is -0.780. The summed E-state index contributed by atoms with van der Waals surface area (Å²) in [7, 11) is 0. The number of rotatable bonds is 4. The third-order valence-corrected chi connectivity index (χ3v) is 4.78. The number of benzene rings is 1. The molecule has 1 amide bonds. The van der Waals surface area contributed by atoms with Gasteiger partial charge in [0.1, 0.15) is 5.69 Å². The maximum atomic E-state index is 12.2. The predicted octanol–water partition coefficient (Wildman–Crippen LogP) is 2.16. The van der Waals surface area contributed by atoms with Crippen molar-refractivity contribution in [1.82, 2.24) is 24.8 Å². The molecular weight excluding hydrogens is 314 g/mol. The van der Waals surface area contributed by atoms with Crippen LogP contribution < -0.4 is 5.32 Å². The average molecular weight is 335 g/mol. The van der Waals surface area contributed by atoms with Gasteiger partial charge in [-0.2, -0.15) is 5.10 Å². The summed E-state index contributed by atoms with van der Waals surface area (Å²) in [5, 5.41) is 7.72. The lowest BCUT2D eigenvalue weighted by Gasteiger charge is -2.42. The number of hydrogen-bond donors (Lipinski definition) is 1. The number of carbonyl (C=O) groups is 1. The molecule has 3 heterocycles. The van der Waals surface area contributed by atoms with Crippen molar-refractivity contribution >= 4 is 11.6 Å². The summed E-state index contributed by atoms with van der Waals surface area (Å²) in [5.41, 5.74) is 1.85. The lowest BCUT2D eigenvalue weighted by Crippen LogP contribution is -2.58. The molecule has 1 N–H and O–H groups in total. The molecule has 25 heavy (non-hydrogen) atoms.